The van der Waals surface area contributed by atoms with Gasteiger partial charge in [0.25, 0.3) is 0 Å². The zero-order valence-corrected chi connectivity index (χ0v) is 9.74. The summed E-state index contributed by atoms with van der Waals surface area (Å²) in [6, 6.07) is 0. The van der Waals surface area contributed by atoms with Crippen molar-refractivity contribution in [3.05, 3.63) is 0 Å². The molecule has 1 saturated heterocycles. The number of morpholine rings is 1. The van der Waals surface area contributed by atoms with E-state index in [1.54, 1.807) is 4.90 Å². The molecule has 0 spiro atoms. The van der Waals surface area contributed by atoms with E-state index in [0.29, 0.717) is 32.3 Å². The molecule has 0 aromatic carbocycles. The molecule has 6 heteroatoms. The van der Waals surface area contributed by atoms with E-state index in [2.05, 4.69) is 10.3 Å². The van der Waals surface area contributed by atoms with Gasteiger partial charge in [-0.3, -0.25) is 4.79 Å². The molecular formula is C10H20N4O2. The molecule has 1 aliphatic heterocycles. The van der Waals surface area contributed by atoms with Gasteiger partial charge in [0.2, 0.25) is 5.91 Å². The lowest BCUT2D eigenvalue weighted by Crippen LogP contribution is -2.42. The highest BCUT2D eigenvalue weighted by atomic mass is 16.5. The molecular weight excluding hydrogens is 208 g/mol. The summed E-state index contributed by atoms with van der Waals surface area (Å²) in [5.41, 5.74) is 5.58. The Bertz CT molecular complexity index is 249. The maximum Gasteiger partial charge on any atom is 0.244 e. The van der Waals surface area contributed by atoms with E-state index in [4.69, 9.17) is 10.5 Å². The fourth-order valence-corrected chi connectivity index (χ4v) is 1.37. The molecule has 0 saturated carbocycles. The minimum absolute atomic E-state index is 0.00421. The van der Waals surface area contributed by atoms with Gasteiger partial charge < -0.3 is 20.7 Å². The number of ether oxygens (including phenoxy) is 1. The minimum atomic E-state index is 0.00421. The van der Waals surface area contributed by atoms with Crippen molar-refractivity contribution in [2.45, 2.75) is 13.3 Å². The summed E-state index contributed by atoms with van der Waals surface area (Å²) in [6.45, 7) is 5.45. The molecule has 6 nitrogen and oxygen atoms in total. The number of amides is 1. The lowest BCUT2D eigenvalue weighted by atomic mass is 10.4. The molecule has 0 bridgehead atoms. The Morgan fingerprint density at radius 2 is 2.19 bits per heavy atom. The van der Waals surface area contributed by atoms with Crippen LogP contribution in [-0.4, -0.2) is 56.2 Å². The minimum Gasteiger partial charge on any atom is -0.378 e. The normalized spacial score (nSPS) is 17.3. The van der Waals surface area contributed by atoms with Crippen LogP contribution in [0.25, 0.3) is 0 Å². The number of aliphatic imine (C=N–C) groups is 1. The van der Waals surface area contributed by atoms with Gasteiger partial charge in [0.1, 0.15) is 6.54 Å². The summed E-state index contributed by atoms with van der Waals surface area (Å²) in [4.78, 5) is 17.4. The molecule has 0 radical (unpaired) electrons. The quantitative estimate of drug-likeness (QED) is 0.485. The number of guanidine groups is 1. The molecule has 0 aromatic rings. The smallest absolute Gasteiger partial charge is 0.244 e. The number of carbonyl (C=O) groups excluding carboxylic acids is 1. The maximum absolute atomic E-state index is 11.7. The number of hydrogen-bond donors (Lipinski definition) is 2. The van der Waals surface area contributed by atoms with Crippen LogP contribution in [0.3, 0.4) is 0 Å². The number of carbonyl (C=O) groups is 1. The first-order chi connectivity index (χ1) is 7.74. The van der Waals surface area contributed by atoms with E-state index in [1.807, 2.05) is 6.92 Å². The van der Waals surface area contributed by atoms with Crippen molar-refractivity contribution in [1.29, 1.82) is 0 Å². The van der Waals surface area contributed by atoms with Crippen molar-refractivity contribution in [2.75, 3.05) is 39.4 Å². The lowest BCUT2D eigenvalue weighted by Gasteiger charge is -2.26. The number of hydrogen-bond acceptors (Lipinski definition) is 3. The maximum atomic E-state index is 11.7. The van der Waals surface area contributed by atoms with Gasteiger partial charge in [-0.15, -0.1) is 0 Å². The highest BCUT2D eigenvalue weighted by Crippen LogP contribution is 1.97. The third-order valence-corrected chi connectivity index (χ3v) is 2.30. The van der Waals surface area contributed by atoms with Crippen LogP contribution in [0.5, 0.6) is 0 Å². The molecule has 1 aliphatic rings. The molecule has 0 unspecified atom stereocenters. The Kier molecular flexibility index (Phi) is 5.63. The van der Waals surface area contributed by atoms with Crippen LogP contribution in [0.4, 0.5) is 0 Å². The first-order valence-corrected chi connectivity index (χ1v) is 5.63. The number of rotatable bonds is 4. The second kappa shape index (κ2) is 7.05. The van der Waals surface area contributed by atoms with Gasteiger partial charge in [0.05, 0.1) is 13.2 Å². The van der Waals surface area contributed by atoms with Gasteiger partial charge in [-0.1, -0.05) is 6.92 Å². The van der Waals surface area contributed by atoms with Crippen LogP contribution < -0.4 is 11.1 Å². The van der Waals surface area contributed by atoms with Crippen molar-refractivity contribution in [1.82, 2.24) is 10.2 Å². The van der Waals surface area contributed by atoms with Crippen LogP contribution in [-0.2, 0) is 9.53 Å². The highest BCUT2D eigenvalue weighted by Gasteiger charge is 2.15. The third-order valence-electron chi connectivity index (χ3n) is 2.30. The van der Waals surface area contributed by atoms with Gasteiger partial charge in [-0.2, -0.15) is 0 Å². The molecule has 1 fully saturated rings. The predicted octanol–water partition coefficient (Wildman–Crippen LogP) is -0.840. The van der Waals surface area contributed by atoms with E-state index >= 15 is 0 Å². The predicted molar refractivity (Wildman–Crippen MR) is 62.2 cm³/mol. The molecule has 3 N–H and O–H groups in total. The van der Waals surface area contributed by atoms with Crippen molar-refractivity contribution in [3.8, 4) is 0 Å². The van der Waals surface area contributed by atoms with Crippen LogP contribution in [0, 0.1) is 0 Å². The van der Waals surface area contributed by atoms with Gasteiger partial charge in [-0.05, 0) is 6.42 Å². The molecule has 92 valence electrons. The first-order valence-electron chi connectivity index (χ1n) is 5.63. The van der Waals surface area contributed by atoms with Crippen molar-refractivity contribution in [3.63, 3.8) is 0 Å². The largest absolute Gasteiger partial charge is 0.378 e. The average Bonchev–Trinajstić information content (AvgIpc) is 2.34. The summed E-state index contributed by atoms with van der Waals surface area (Å²) in [6.07, 6.45) is 0.980. The Morgan fingerprint density at radius 3 is 2.81 bits per heavy atom. The first kappa shape index (κ1) is 12.8. The second-order valence-electron chi connectivity index (χ2n) is 3.62. The summed E-state index contributed by atoms with van der Waals surface area (Å²) in [5.74, 6) is 0.341. The monoisotopic (exact) mass is 228 g/mol. The second-order valence-corrected chi connectivity index (χ2v) is 3.62. The van der Waals surface area contributed by atoms with E-state index in [1.165, 1.54) is 0 Å². The van der Waals surface area contributed by atoms with Gasteiger partial charge in [0, 0.05) is 19.6 Å². The lowest BCUT2D eigenvalue weighted by molar-refractivity contribution is -0.133. The summed E-state index contributed by atoms with van der Waals surface area (Å²) in [5, 5.41) is 2.92. The van der Waals surface area contributed by atoms with E-state index in [9.17, 15) is 4.79 Å². The average molecular weight is 228 g/mol. The zero-order chi connectivity index (χ0) is 11.8. The van der Waals surface area contributed by atoms with Crippen molar-refractivity contribution in [2.24, 2.45) is 10.7 Å². The van der Waals surface area contributed by atoms with Crippen LogP contribution in [0.1, 0.15) is 13.3 Å². The van der Waals surface area contributed by atoms with E-state index < -0.39 is 0 Å². The molecule has 1 amide bonds. The summed E-state index contributed by atoms with van der Waals surface area (Å²) < 4.78 is 5.16. The molecule has 16 heavy (non-hydrogen) atoms. The Morgan fingerprint density at radius 1 is 1.50 bits per heavy atom. The van der Waals surface area contributed by atoms with Crippen LogP contribution in [0.15, 0.2) is 4.99 Å². The van der Waals surface area contributed by atoms with Crippen LogP contribution >= 0.6 is 0 Å². The Hall–Kier alpha value is -1.30. The number of nitrogens with zero attached hydrogens (tertiary/aromatic N) is 2. The molecule has 1 rings (SSSR count). The van der Waals surface area contributed by atoms with Crippen molar-refractivity contribution < 1.29 is 9.53 Å². The summed E-state index contributed by atoms with van der Waals surface area (Å²) >= 11 is 0. The Labute approximate surface area is 95.8 Å². The molecule has 0 aliphatic carbocycles. The number of nitrogens with two attached hydrogens (primary N) is 1. The van der Waals surface area contributed by atoms with Gasteiger partial charge in [-0.25, -0.2) is 4.99 Å². The summed E-state index contributed by atoms with van der Waals surface area (Å²) in [7, 11) is 0. The Balaban J connectivity index is 2.27. The fraction of sp³-hybridized carbons (Fsp3) is 0.800. The topological polar surface area (TPSA) is 79.9 Å². The third kappa shape index (κ3) is 4.48. The fourth-order valence-electron chi connectivity index (χ4n) is 1.37. The molecule has 1 heterocycles. The van der Waals surface area contributed by atoms with Gasteiger partial charge >= 0.3 is 0 Å². The zero-order valence-electron chi connectivity index (χ0n) is 9.74. The SMILES string of the molecule is CCCNC(N)=NCC(=O)N1CCOCC1. The highest BCUT2D eigenvalue weighted by molar-refractivity contribution is 5.84. The standard InChI is InChI=1S/C10H20N4O2/c1-2-3-12-10(11)13-8-9(15)14-4-6-16-7-5-14/h2-8H2,1H3,(H3,11,12,13). The van der Waals surface area contributed by atoms with Crippen LogP contribution in [0.2, 0.25) is 0 Å². The van der Waals surface area contributed by atoms with E-state index in [-0.39, 0.29) is 12.5 Å². The molecule has 0 aromatic heterocycles. The van der Waals surface area contributed by atoms with E-state index in [0.717, 1.165) is 13.0 Å². The number of nitrogens with one attached hydrogen (secondary N) is 1. The van der Waals surface area contributed by atoms with Crippen molar-refractivity contribution >= 4 is 11.9 Å². The van der Waals surface area contributed by atoms with Gasteiger partial charge in [0.15, 0.2) is 5.96 Å². The molecule has 0 atom stereocenters.